The van der Waals surface area contributed by atoms with E-state index in [9.17, 15) is 67.1 Å². The van der Waals surface area contributed by atoms with Gasteiger partial charge in [-0.2, -0.15) is 0 Å². The minimum Gasteiger partial charge on any atom is -0.444 e. The summed E-state index contributed by atoms with van der Waals surface area (Å²) < 4.78 is 27.1. The number of alkyl carbamates (subject to hydrolysis) is 1. The molecule has 2 rings (SSSR count). The van der Waals surface area contributed by atoms with Gasteiger partial charge in [-0.15, -0.1) is 0 Å². The maximum atomic E-state index is 13.7. The van der Waals surface area contributed by atoms with Gasteiger partial charge in [-0.3, -0.25) is 52.7 Å². The van der Waals surface area contributed by atoms with E-state index in [1.807, 2.05) is 110 Å². The Bertz CT molecular complexity index is 2830. The Morgan fingerprint density at radius 1 is 0.485 bits per heavy atom. The van der Waals surface area contributed by atoms with Crippen molar-refractivity contribution in [2.24, 2.45) is 23.7 Å². The number of rotatable bonds is 53. The number of ether oxygens (including phenoxy) is 5. The standard InChI is InChI=1S/C68H100IN7O19P.K/c1-45(2)34-56(58(81)24-21-47(5)77)75-64(87)50(36-48-16-11-9-12-17-48)38-53(79)40-71-61(84)43-93-32-30-91-28-15-20-52(78)22-23-55(74-60(83)42-73-67(90)95-68(6,7)8)66(89)70-27-29-92-31-33-94-44-62(85)72-41-54(80)39-51(37-49-18-13-10-14-19-49)65(88)76-57(35-46(3)4)59(82)25-26-63(86)96-69;/h9-14,16-19,45-46,50-51,55-57H,15,20-44H2,1-8H3,(H,70,89)(H,71,84)(H,72,85)(H,73,90)(H,74,83)(H,75,87)(H,76,88);/q-1;+1. The Morgan fingerprint density at radius 2 is 0.948 bits per heavy atom. The van der Waals surface area contributed by atoms with Gasteiger partial charge in [0.2, 0.25) is 35.4 Å². The quantitative estimate of drug-likeness (QED) is 0.0216. The number of benzene rings is 2. The van der Waals surface area contributed by atoms with E-state index in [4.69, 9.17) is 23.7 Å². The minimum atomic E-state index is -1.18. The van der Waals surface area contributed by atoms with Gasteiger partial charge < -0.3 is 98.8 Å². The summed E-state index contributed by atoms with van der Waals surface area (Å²) in [6.07, 6.45) is 0.676. The summed E-state index contributed by atoms with van der Waals surface area (Å²) in [7, 11) is 0. The zero-order valence-electron chi connectivity index (χ0n) is 57.8. The molecule has 0 spiro atoms. The van der Waals surface area contributed by atoms with Gasteiger partial charge >= 0.3 is 57.5 Å². The second-order valence-corrected chi connectivity index (χ2v) is 27.2. The predicted octanol–water partition coefficient (Wildman–Crippen LogP) is 2.35. The number of carbonyl (C=O) groups excluding carboxylic acids is 14. The molecule has 0 aliphatic rings. The summed E-state index contributed by atoms with van der Waals surface area (Å²) in [5.41, 5.74) is 0.676. The number of hydrogen-bond acceptors (Lipinski definition) is 19. The molecule has 0 aliphatic carbocycles. The molecule has 97 heavy (non-hydrogen) atoms. The van der Waals surface area contributed by atoms with E-state index in [1.165, 1.54) is 6.92 Å². The molecule has 5 atom stereocenters. The van der Waals surface area contributed by atoms with Crippen LogP contribution in [0.3, 0.4) is 0 Å². The molecule has 0 aliphatic heterocycles. The topological polar surface area (TPSA) is 369 Å². The molecule has 5 unspecified atom stereocenters. The Kier molecular flexibility index (Phi) is 48.1. The molecule has 2 aromatic rings. The Balaban J connectivity index is 0.0000470. The van der Waals surface area contributed by atoms with E-state index >= 15 is 0 Å². The second kappa shape index (κ2) is 51.9. The molecule has 26 nitrogen and oxygen atoms in total. The number of halogens is 1. The molecule has 7 N–H and O–H groups in total. The zero-order valence-corrected chi connectivity index (χ0v) is 64.0. The largest absolute Gasteiger partial charge is 1.00 e. The molecule has 0 aromatic heterocycles. The number of carbonyl (C=O) groups is 14. The van der Waals surface area contributed by atoms with Crippen LogP contribution in [0.2, 0.25) is 0 Å². The van der Waals surface area contributed by atoms with Crippen molar-refractivity contribution in [2.45, 2.75) is 169 Å². The van der Waals surface area contributed by atoms with Crippen LogP contribution in [0.25, 0.3) is 0 Å². The van der Waals surface area contributed by atoms with E-state index in [2.05, 4.69) is 37.2 Å². The minimum absolute atomic E-state index is 0. The first kappa shape index (κ1) is 89.9. The van der Waals surface area contributed by atoms with Gasteiger partial charge in [0.15, 0.2) is 23.1 Å². The third-order valence-electron chi connectivity index (χ3n) is 14.2. The van der Waals surface area contributed by atoms with Crippen molar-refractivity contribution in [2.75, 3.05) is 79.0 Å². The Labute approximate surface area is 627 Å². The molecule has 0 saturated carbocycles. The van der Waals surface area contributed by atoms with Crippen molar-refractivity contribution in [3.63, 3.8) is 0 Å². The van der Waals surface area contributed by atoms with E-state index in [1.54, 1.807) is 20.8 Å². The van der Waals surface area contributed by atoms with Gasteiger partial charge in [0.25, 0.3) is 0 Å². The van der Waals surface area contributed by atoms with Gasteiger partial charge in [-0.1, -0.05) is 88.4 Å². The number of amides is 7. The summed E-state index contributed by atoms with van der Waals surface area (Å²) in [6.45, 7) is 12.1. The van der Waals surface area contributed by atoms with Crippen molar-refractivity contribution in [1.29, 1.82) is 0 Å². The number of ketones is 6. The van der Waals surface area contributed by atoms with Crippen LogP contribution < -0.4 is 88.6 Å². The molecule has 0 bridgehead atoms. The maximum Gasteiger partial charge on any atom is 1.00 e. The van der Waals surface area contributed by atoms with E-state index < -0.39 is 102 Å². The average molecular weight is 1520 g/mol. The summed E-state index contributed by atoms with van der Waals surface area (Å²) >= 11 is 1.91. The molecule has 29 heteroatoms. The number of hydrogen-bond donors (Lipinski definition) is 7. The van der Waals surface area contributed by atoms with Gasteiger partial charge in [0.1, 0.15) is 43.0 Å². The van der Waals surface area contributed by atoms with E-state index in [0.717, 1.165) is 11.1 Å². The van der Waals surface area contributed by atoms with Crippen LogP contribution in [0.5, 0.6) is 0 Å². The first-order chi connectivity index (χ1) is 45.5. The molecule has 534 valence electrons. The van der Waals surface area contributed by atoms with Crippen LogP contribution in [0.1, 0.15) is 144 Å². The van der Waals surface area contributed by atoms with Crippen LogP contribution >= 0.6 is 28.3 Å². The molecule has 0 heterocycles. The van der Waals surface area contributed by atoms with Crippen LogP contribution in [0, 0.1) is 23.7 Å². The summed E-state index contributed by atoms with van der Waals surface area (Å²) in [5.74, 6) is -6.78. The van der Waals surface area contributed by atoms with Gasteiger partial charge in [-0.25, -0.2) is 4.79 Å². The van der Waals surface area contributed by atoms with Gasteiger partial charge in [0.05, 0.1) is 58.2 Å². The third-order valence-corrected chi connectivity index (χ3v) is 16.2. The van der Waals surface area contributed by atoms with Crippen molar-refractivity contribution in [3.8, 4) is 0 Å². The van der Waals surface area contributed by atoms with Crippen LogP contribution in [-0.4, -0.2) is 185 Å². The molecule has 0 fully saturated rings. The maximum absolute atomic E-state index is 13.7. The smallest absolute Gasteiger partial charge is 0.444 e. The van der Waals surface area contributed by atoms with Crippen molar-refractivity contribution in [1.82, 2.24) is 37.2 Å². The summed E-state index contributed by atoms with van der Waals surface area (Å²) in [4.78, 5) is 180. The van der Waals surface area contributed by atoms with Gasteiger partial charge in [0, 0.05) is 69.9 Å². The first-order valence-electron chi connectivity index (χ1n) is 32.5. The first-order valence-corrected chi connectivity index (χ1v) is 36.2. The fraction of sp³-hybridized carbons (Fsp3) is 0.618. The fourth-order valence-corrected chi connectivity index (χ4v) is 10.3. The van der Waals surface area contributed by atoms with Crippen molar-refractivity contribution < 1.29 is 142 Å². The molecular weight excluding hydrogens is 1420 g/mol. The van der Waals surface area contributed by atoms with E-state index in [0.29, 0.717) is 25.5 Å². The number of Topliss-reactive ketones (excluding diaryl/α,β-unsaturated/α-hetero) is 6. The average Bonchev–Trinajstić information content (AvgIpc) is 1.16. The monoisotopic (exact) mass is 1520 g/mol. The van der Waals surface area contributed by atoms with Crippen LogP contribution in [0.4, 0.5) is 4.79 Å². The Morgan fingerprint density at radius 3 is 1.40 bits per heavy atom. The zero-order chi connectivity index (χ0) is 71.4. The summed E-state index contributed by atoms with van der Waals surface area (Å²) in [6, 6.07) is 15.3. The second-order valence-electron chi connectivity index (χ2n) is 25.1. The molecular formula is C68H100IKN7O19P. The summed E-state index contributed by atoms with van der Waals surface area (Å²) in [5, 5.41) is 18.2. The number of nitrogens with one attached hydrogen (secondary N) is 7. The third kappa shape index (κ3) is 45.3. The normalized spacial score (nSPS) is 12.8. The molecule has 0 saturated heterocycles. The SMILES string of the molecule is CC(=O)CCC(=O)C(CC(C)C)NC(=O)C(CC(=O)CNC(=O)COCCOCCCC(=O)CCC(NC(=O)CNC(=O)OC(C)(C)C)C(=O)NCCOCCOCC(=O)NCC(=O)CC(Cc1ccccc1)C(=O)NC(CC(C)C)C(=O)CCC(=O)[P-]I)Cc1ccccc1.[K+]. The Hall–Kier alpha value is -5.14. The van der Waals surface area contributed by atoms with Crippen molar-refractivity contribution in [3.05, 3.63) is 71.8 Å². The van der Waals surface area contributed by atoms with Crippen LogP contribution in [0.15, 0.2) is 60.7 Å². The van der Waals surface area contributed by atoms with Gasteiger partial charge in [-0.05, 0) is 101 Å². The fourth-order valence-electron chi connectivity index (χ4n) is 9.41. The molecule has 0 radical (unpaired) electrons. The molecule has 7 amide bonds. The van der Waals surface area contributed by atoms with Crippen LogP contribution in [-0.2, 0) is 98.9 Å². The molecule has 2 aromatic carbocycles. The predicted molar refractivity (Wildman–Crippen MR) is 366 cm³/mol. The van der Waals surface area contributed by atoms with E-state index in [-0.39, 0.29) is 228 Å². The van der Waals surface area contributed by atoms with Crippen molar-refractivity contribution >= 4 is 110 Å².